The van der Waals surface area contributed by atoms with Crippen molar-refractivity contribution < 1.29 is 8.42 Å². The van der Waals surface area contributed by atoms with Gasteiger partial charge in [-0.1, -0.05) is 27.2 Å². The summed E-state index contributed by atoms with van der Waals surface area (Å²) in [5, 5.41) is 3.16. The number of anilines is 1. The van der Waals surface area contributed by atoms with Gasteiger partial charge in [0.2, 0.25) is 10.0 Å². The quantitative estimate of drug-likeness (QED) is 0.761. The van der Waals surface area contributed by atoms with Gasteiger partial charge in [0.25, 0.3) is 0 Å². The van der Waals surface area contributed by atoms with E-state index in [9.17, 15) is 8.42 Å². The lowest BCUT2D eigenvalue weighted by atomic mass is 10.3. The Kier molecular flexibility index (Phi) is 6.95. The fourth-order valence-electron chi connectivity index (χ4n) is 1.91. The highest BCUT2D eigenvalue weighted by Gasteiger charge is 2.25. The van der Waals surface area contributed by atoms with E-state index >= 15 is 0 Å². The van der Waals surface area contributed by atoms with Crippen molar-refractivity contribution in [3.8, 4) is 0 Å². The fourth-order valence-corrected chi connectivity index (χ4v) is 3.51. The van der Waals surface area contributed by atoms with Crippen molar-refractivity contribution in [1.29, 1.82) is 0 Å². The average molecular weight is 299 g/mol. The molecule has 1 rings (SSSR count). The van der Waals surface area contributed by atoms with Crippen molar-refractivity contribution >= 4 is 15.7 Å². The maximum Gasteiger partial charge on any atom is 0.246 e. The Balaban J connectivity index is 3.06. The number of aromatic nitrogens is 1. The summed E-state index contributed by atoms with van der Waals surface area (Å²) in [5.41, 5.74) is 0.636. The molecule has 5 nitrogen and oxygen atoms in total. The molecule has 1 aromatic rings. The summed E-state index contributed by atoms with van der Waals surface area (Å²) in [7, 11) is -3.48. The van der Waals surface area contributed by atoms with Gasteiger partial charge in [-0.15, -0.1) is 0 Å². The van der Waals surface area contributed by atoms with E-state index < -0.39 is 10.0 Å². The van der Waals surface area contributed by atoms with Crippen molar-refractivity contribution in [2.24, 2.45) is 0 Å². The molecule has 0 unspecified atom stereocenters. The van der Waals surface area contributed by atoms with Crippen molar-refractivity contribution in [3.63, 3.8) is 0 Å². The molecule has 6 heteroatoms. The summed E-state index contributed by atoms with van der Waals surface area (Å²) < 4.78 is 26.9. The van der Waals surface area contributed by atoms with Crippen LogP contribution in [0.5, 0.6) is 0 Å². The standard InChI is InChI=1S/C14H25N3O2S/c1-4-7-11-17(6-3)20(18,19)14-12-15-10-8-13(14)16-9-5-2/h8,10,12H,4-7,9,11H2,1-3H3,(H,15,16). The third-order valence-corrected chi connectivity index (χ3v) is 5.08. The lowest BCUT2D eigenvalue weighted by Crippen LogP contribution is -2.32. The summed E-state index contributed by atoms with van der Waals surface area (Å²) in [6.45, 7) is 7.74. The minimum Gasteiger partial charge on any atom is -0.384 e. The molecule has 0 aliphatic rings. The molecule has 0 aliphatic heterocycles. The number of nitrogens with one attached hydrogen (secondary N) is 1. The van der Waals surface area contributed by atoms with Crippen LogP contribution in [-0.2, 0) is 10.0 Å². The molecule has 0 spiro atoms. The monoisotopic (exact) mass is 299 g/mol. The summed E-state index contributed by atoms with van der Waals surface area (Å²) >= 11 is 0. The minimum atomic E-state index is -3.48. The van der Waals surface area contributed by atoms with Crippen LogP contribution >= 0.6 is 0 Å². The lowest BCUT2D eigenvalue weighted by molar-refractivity contribution is 0.419. The van der Waals surface area contributed by atoms with Crippen molar-refractivity contribution in [1.82, 2.24) is 9.29 Å². The first-order chi connectivity index (χ1) is 9.57. The molecule has 0 atom stereocenters. The number of nitrogens with zero attached hydrogens (tertiary/aromatic N) is 2. The minimum absolute atomic E-state index is 0.270. The molecule has 0 bridgehead atoms. The number of pyridine rings is 1. The number of hydrogen-bond acceptors (Lipinski definition) is 4. The SMILES string of the molecule is CCCCN(CC)S(=O)(=O)c1cnccc1NCCC. The van der Waals surface area contributed by atoms with Crippen LogP contribution in [0.15, 0.2) is 23.4 Å². The van der Waals surface area contributed by atoms with Crippen LogP contribution in [0, 0.1) is 0 Å². The number of rotatable bonds is 9. The summed E-state index contributed by atoms with van der Waals surface area (Å²) in [6, 6.07) is 1.72. The Morgan fingerprint density at radius 3 is 2.60 bits per heavy atom. The first kappa shape index (κ1) is 16.9. The Morgan fingerprint density at radius 1 is 1.25 bits per heavy atom. The lowest BCUT2D eigenvalue weighted by Gasteiger charge is -2.21. The van der Waals surface area contributed by atoms with Gasteiger partial charge in [0.1, 0.15) is 4.90 Å². The van der Waals surface area contributed by atoms with E-state index in [1.165, 1.54) is 10.5 Å². The maximum absolute atomic E-state index is 12.7. The highest BCUT2D eigenvalue weighted by Crippen LogP contribution is 2.23. The molecule has 0 saturated heterocycles. The molecular weight excluding hydrogens is 274 g/mol. The second-order valence-electron chi connectivity index (χ2n) is 4.65. The third-order valence-electron chi connectivity index (χ3n) is 3.08. The van der Waals surface area contributed by atoms with E-state index in [0.717, 1.165) is 25.8 Å². The van der Waals surface area contributed by atoms with E-state index in [1.54, 1.807) is 12.3 Å². The smallest absolute Gasteiger partial charge is 0.246 e. The molecule has 20 heavy (non-hydrogen) atoms. The summed E-state index contributed by atoms with van der Waals surface area (Å²) in [6.07, 6.45) is 5.82. The van der Waals surface area contributed by atoms with E-state index in [2.05, 4.69) is 17.2 Å². The van der Waals surface area contributed by atoms with Crippen LogP contribution in [0.2, 0.25) is 0 Å². The van der Waals surface area contributed by atoms with Gasteiger partial charge in [-0.05, 0) is 18.9 Å². The van der Waals surface area contributed by atoms with E-state index in [0.29, 0.717) is 18.8 Å². The predicted octanol–water partition coefficient (Wildman–Crippen LogP) is 2.71. The zero-order valence-electron chi connectivity index (χ0n) is 12.6. The fraction of sp³-hybridized carbons (Fsp3) is 0.643. The molecule has 1 N–H and O–H groups in total. The van der Waals surface area contributed by atoms with Crippen LogP contribution in [0.1, 0.15) is 40.0 Å². The van der Waals surface area contributed by atoms with Gasteiger partial charge >= 0.3 is 0 Å². The van der Waals surface area contributed by atoms with Gasteiger partial charge in [0.15, 0.2) is 0 Å². The molecule has 0 radical (unpaired) electrons. The largest absolute Gasteiger partial charge is 0.384 e. The summed E-state index contributed by atoms with van der Waals surface area (Å²) in [4.78, 5) is 4.24. The van der Waals surface area contributed by atoms with Gasteiger partial charge in [-0.2, -0.15) is 4.31 Å². The highest BCUT2D eigenvalue weighted by molar-refractivity contribution is 7.89. The predicted molar refractivity (Wildman–Crippen MR) is 82.4 cm³/mol. The molecule has 0 amide bonds. The molecule has 0 saturated carbocycles. The van der Waals surface area contributed by atoms with Crippen LogP contribution in [0.3, 0.4) is 0 Å². The molecule has 114 valence electrons. The van der Waals surface area contributed by atoms with Crippen LogP contribution < -0.4 is 5.32 Å². The number of unbranched alkanes of at least 4 members (excludes halogenated alkanes) is 1. The van der Waals surface area contributed by atoms with Crippen LogP contribution in [-0.4, -0.2) is 37.3 Å². The third kappa shape index (κ3) is 4.18. The average Bonchev–Trinajstić information content (AvgIpc) is 2.46. The van der Waals surface area contributed by atoms with Gasteiger partial charge in [0.05, 0.1) is 5.69 Å². The van der Waals surface area contributed by atoms with Crippen LogP contribution in [0.25, 0.3) is 0 Å². The van der Waals surface area contributed by atoms with E-state index in [1.807, 2.05) is 13.8 Å². The highest BCUT2D eigenvalue weighted by atomic mass is 32.2. The van der Waals surface area contributed by atoms with Gasteiger partial charge < -0.3 is 5.32 Å². The Hall–Kier alpha value is -1.14. The Bertz CT molecular complexity index is 503. The Morgan fingerprint density at radius 2 is 2.00 bits per heavy atom. The van der Waals surface area contributed by atoms with Gasteiger partial charge in [0, 0.05) is 32.0 Å². The molecule has 0 aromatic carbocycles. The second kappa shape index (κ2) is 8.21. The molecule has 0 fully saturated rings. The zero-order valence-corrected chi connectivity index (χ0v) is 13.4. The van der Waals surface area contributed by atoms with Gasteiger partial charge in [-0.3, -0.25) is 4.98 Å². The van der Waals surface area contributed by atoms with E-state index in [4.69, 9.17) is 0 Å². The number of hydrogen-bond donors (Lipinski definition) is 1. The molecular formula is C14H25N3O2S. The van der Waals surface area contributed by atoms with Crippen molar-refractivity contribution in [2.45, 2.75) is 44.9 Å². The van der Waals surface area contributed by atoms with Gasteiger partial charge in [-0.25, -0.2) is 8.42 Å². The first-order valence-electron chi connectivity index (χ1n) is 7.25. The van der Waals surface area contributed by atoms with E-state index in [-0.39, 0.29) is 4.90 Å². The summed E-state index contributed by atoms with van der Waals surface area (Å²) in [5.74, 6) is 0. The molecule has 0 aliphatic carbocycles. The topological polar surface area (TPSA) is 62.3 Å². The van der Waals surface area contributed by atoms with Crippen molar-refractivity contribution in [2.75, 3.05) is 25.0 Å². The second-order valence-corrected chi connectivity index (χ2v) is 6.56. The Labute approximate surface area is 122 Å². The first-order valence-corrected chi connectivity index (χ1v) is 8.69. The maximum atomic E-state index is 12.7. The zero-order chi connectivity index (χ0) is 15.0. The normalized spacial score (nSPS) is 11.8. The van der Waals surface area contributed by atoms with Crippen LogP contribution in [0.4, 0.5) is 5.69 Å². The molecule has 1 heterocycles. The number of sulfonamides is 1. The molecule has 1 aromatic heterocycles. The van der Waals surface area contributed by atoms with Crippen molar-refractivity contribution in [3.05, 3.63) is 18.5 Å².